The van der Waals surface area contributed by atoms with E-state index in [9.17, 15) is 0 Å². The van der Waals surface area contributed by atoms with Crippen LogP contribution in [0, 0.1) is 0 Å². The van der Waals surface area contributed by atoms with Crippen molar-refractivity contribution >= 4 is 34.6 Å². The number of nitrogens with zero attached hydrogens (tertiary/aromatic N) is 2. The minimum absolute atomic E-state index is 0.00858. The van der Waals surface area contributed by atoms with Crippen LogP contribution in [0.1, 0.15) is 23.6 Å². The van der Waals surface area contributed by atoms with Gasteiger partial charge < -0.3 is 4.74 Å². The third-order valence-electron chi connectivity index (χ3n) is 4.68. The molecule has 0 bridgehead atoms. The van der Waals surface area contributed by atoms with Crippen molar-refractivity contribution in [1.82, 2.24) is 0 Å². The average Bonchev–Trinajstić information content (AvgIpc) is 3.14. The lowest BCUT2D eigenvalue weighted by molar-refractivity contribution is 0.415. The molecule has 27 heavy (non-hydrogen) atoms. The van der Waals surface area contributed by atoms with E-state index in [2.05, 4.69) is 12.1 Å². The minimum atomic E-state index is 0.00858. The lowest BCUT2D eigenvalue weighted by atomic mass is 9.98. The number of methoxy groups -OCH3 is 1. The molecule has 1 aliphatic heterocycles. The fourth-order valence-electron chi connectivity index (χ4n) is 3.30. The van der Waals surface area contributed by atoms with Crippen molar-refractivity contribution in [2.45, 2.75) is 12.5 Å². The topological polar surface area (TPSA) is 24.8 Å². The second-order valence-corrected chi connectivity index (χ2v) is 7.18. The number of ether oxygens (including phenoxy) is 1. The normalized spacial score (nSPS) is 16.3. The van der Waals surface area contributed by atoms with Crippen LogP contribution < -0.4 is 9.75 Å². The Morgan fingerprint density at radius 3 is 2.37 bits per heavy atom. The summed E-state index contributed by atoms with van der Waals surface area (Å²) in [6.45, 7) is 0. The predicted octanol–water partition coefficient (Wildman–Crippen LogP) is 6.36. The van der Waals surface area contributed by atoms with E-state index in [1.165, 1.54) is 0 Å². The largest absolute Gasteiger partial charge is 0.497 e. The molecule has 0 radical (unpaired) electrons. The molecule has 4 rings (SSSR count). The van der Waals surface area contributed by atoms with E-state index in [-0.39, 0.29) is 6.04 Å². The van der Waals surface area contributed by atoms with Crippen LogP contribution in [0.15, 0.2) is 77.9 Å². The molecule has 3 nitrogen and oxygen atoms in total. The Balaban J connectivity index is 1.74. The minimum Gasteiger partial charge on any atom is -0.497 e. The lowest BCUT2D eigenvalue weighted by Gasteiger charge is -2.24. The van der Waals surface area contributed by atoms with Gasteiger partial charge >= 0.3 is 0 Å². The van der Waals surface area contributed by atoms with Crippen molar-refractivity contribution in [3.63, 3.8) is 0 Å². The highest BCUT2D eigenvalue weighted by Crippen LogP contribution is 2.40. The van der Waals surface area contributed by atoms with Gasteiger partial charge in [-0.3, -0.25) is 5.01 Å². The first-order valence-corrected chi connectivity index (χ1v) is 9.42. The first-order valence-electron chi connectivity index (χ1n) is 8.67. The Labute approximate surface area is 168 Å². The second-order valence-electron chi connectivity index (χ2n) is 6.34. The molecule has 0 amide bonds. The molecule has 0 fully saturated rings. The van der Waals surface area contributed by atoms with E-state index < -0.39 is 0 Å². The zero-order valence-corrected chi connectivity index (χ0v) is 16.3. The first-order chi connectivity index (χ1) is 13.2. The number of hydrazone groups is 1. The van der Waals surface area contributed by atoms with Gasteiger partial charge in [-0.15, -0.1) is 0 Å². The van der Waals surface area contributed by atoms with E-state index >= 15 is 0 Å². The van der Waals surface area contributed by atoms with Crippen molar-refractivity contribution in [3.8, 4) is 5.75 Å². The van der Waals surface area contributed by atoms with Crippen LogP contribution in [0.25, 0.3) is 0 Å². The van der Waals surface area contributed by atoms with Crippen LogP contribution in [-0.4, -0.2) is 12.8 Å². The highest BCUT2D eigenvalue weighted by Gasteiger charge is 2.31. The van der Waals surface area contributed by atoms with Gasteiger partial charge in [-0.2, -0.15) is 5.10 Å². The number of hydrogen-bond acceptors (Lipinski definition) is 3. The maximum Gasteiger partial charge on any atom is 0.118 e. The molecular formula is C22H18Cl2N2O. The zero-order chi connectivity index (χ0) is 18.8. The number of halogens is 2. The third kappa shape index (κ3) is 3.66. The van der Waals surface area contributed by atoms with E-state index in [1.807, 2.05) is 59.6 Å². The van der Waals surface area contributed by atoms with Gasteiger partial charge in [-0.25, -0.2) is 0 Å². The van der Waals surface area contributed by atoms with Crippen LogP contribution in [-0.2, 0) is 0 Å². The standard InChI is InChI=1S/C22H18Cl2N2O/c1-27-18-10-7-15(8-11-18)21-14-22(19-12-9-16(23)13-20(19)24)26(25-21)17-5-3-2-4-6-17/h2-13,22H,14H2,1H3. The van der Waals surface area contributed by atoms with Gasteiger partial charge in [0.15, 0.2) is 0 Å². The van der Waals surface area contributed by atoms with Crippen LogP contribution >= 0.6 is 23.2 Å². The van der Waals surface area contributed by atoms with Crippen molar-refractivity contribution < 1.29 is 4.74 Å². The van der Waals surface area contributed by atoms with Gasteiger partial charge in [-0.1, -0.05) is 47.5 Å². The number of hydrogen-bond donors (Lipinski definition) is 0. The SMILES string of the molecule is COc1ccc(C2=NN(c3ccccc3)C(c3ccc(Cl)cc3Cl)C2)cc1. The average molecular weight is 397 g/mol. The molecule has 1 heterocycles. The van der Waals surface area contributed by atoms with Gasteiger partial charge in [-0.05, 0) is 59.7 Å². The number of anilines is 1. The summed E-state index contributed by atoms with van der Waals surface area (Å²) in [7, 11) is 1.66. The summed E-state index contributed by atoms with van der Waals surface area (Å²) in [4.78, 5) is 0. The highest BCUT2D eigenvalue weighted by atomic mass is 35.5. The molecule has 0 aromatic heterocycles. The van der Waals surface area contributed by atoms with Gasteiger partial charge in [0.25, 0.3) is 0 Å². The monoisotopic (exact) mass is 396 g/mol. The molecule has 3 aromatic carbocycles. The maximum atomic E-state index is 6.52. The lowest BCUT2D eigenvalue weighted by Crippen LogP contribution is -2.18. The Kier molecular flexibility index (Phi) is 5.06. The molecule has 136 valence electrons. The second kappa shape index (κ2) is 7.63. The Morgan fingerprint density at radius 1 is 0.963 bits per heavy atom. The molecule has 0 spiro atoms. The van der Waals surface area contributed by atoms with Crippen molar-refractivity contribution in [2.75, 3.05) is 12.1 Å². The number of benzene rings is 3. The Bertz CT molecular complexity index is 971. The van der Waals surface area contributed by atoms with E-state index in [0.29, 0.717) is 10.0 Å². The van der Waals surface area contributed by atoms with Gasteiger partial charge in [0.1, 0.15) is 5.75 Å². The summed E-state index contributed by atoms with van der Waals surface area (Å²) < 4.78 is 5.26. The Hall–Kier alpha value is -2.49. The van der Waals surface area contributed by atoms with E-state index in [4.69, 9.17) is 33.0 Å². The van der Waals surface area contributed by atoms with Crippen LogP contribution in [0.3, 0.4) is 0 Å². The summed E-state index contributed by atoms with van der Waals surface area (Å²) in [5.41, 5.74) is 4.12. The van der Waals surface area contributed by atoms with Gasteiger partial charge in [0.2, 0.25) is 0 Å². The fraction of sp³-hybridized carbons (Fsp3) is 0.136. The summed E-state index contributed by atoms with van der Waals surface area (Å²) in [6.07, 6.45) is 0.753. The third-order valence-corrected chi connectivity index (χ3v) is 5.24. The summed E-state index contributed by atoms with van der Waals surface area (Å²) in [5.74, 6) is 0.828. The maximum absolute atomic E-state index is 6.52. The molecule has 1 aliphatic rings. The van der Waals surface area contributed by atoms with Crippen molar-refractivity contribution in [1.29, 1.82) is 0 Å². The molecule has 5 heteroatoms. The molecule has 0 saturated carbocycles. The zero-order valence-electron chi connectivity index (χ0n) is 14.8. The molecule has 0 N–H and O–H groups in total. The number of para-hydroxylation sites is 1. The highest BCUT2D eigenvalue weighted by molar-refractivity contribution is 6.35. The van der Waals surface area contributed by atoms with Crippen LogP contribution in [0.4, 0.5) is 5.69 Å². The smallest absolute Gasteiger partial charge is 0.118 e. The van der Waals surface area contributed by atoms with Crippen molar-refractivity contribution in [3.05, 3.63) is 94.0 Å². The fourth-order valence-corrected chi connectivity index (χ4v) is 3.84. The summed E-state index contributed by atoms with van der Waals surface area (Å²) in [6, 6.07) is 23.7. The van der Waals surface area contributed by atoms with E-state index in [0.717, 1.165) is 34.7 Å². The van der Waals surface area contributed by atoms with E-state index in [1.54, 1.807) is 13.2 Å². The predicted molar refractivity (Wildman–Crippen MR) is 112 cm³/mol. The molecule has 1 atom stereocenters. The van der Waals surface area contributed by atoms with Crippen molar-refractivity contribution in [2.24, 2.45) is 5.10 Å². The first kappa shape index (κ1) is 17.9. The van der Waals surface area contributed by atoms with Crippen LogP contribution in [0.5, 0.6) is 5.75 Å². The van der Waals surface area contributed by atoms with Gasteiger partial charge in [0.05, 0.1) is 24.6 Å². The molecule has 0 aliphatic carbocycles. The summed E-state index contributed by atoms with van der Waals surface area (Å²) >= 11 is 12.6. The molecule has 1 unspecified atom stereocenters. The summed E-state index contributed by atoms with van der Waals surface area (Å²) in [5, 5.41) is 8.24. The quantitative estimate of drug-likeness (QED) is 0.512. The molecular weight excluding hydrogens is 379 g/mol. The molecule has 3 aromatic rings. The number of rotatable bonds is 4. The molecule has 0 saturated heterocycles. The Morgan fingerprint density at radius 2 is 1.70 bits per heavy atom. The van der Waals surface area contributed by atoms with Gasteiger partial charge in [0, 0.05) is 16.5 Å². The van der Waals surface area contributed by atoms with Crippen LogP contribution in [0.2, 0.25) is 10.0 Å².